The number of rotatable bonds is 6. The van der Waals surface area contributed by atoms with E-state index in [0.29, 0.717) is 30.9 Å². The minimum absolute atomic E-state index is 0.0339. The summed E-state index contributed by atoms with van der Waals surface area (Å²) in [4.78, 5) is 36.1. The molecule has 0 unspecified atom stereocenters. The summed E-state index contributed by atoms with van der Waals surface area (Å²) in [6, 6.07) is 20.1. The van der Waals surface area contributed by atoms with E-state index in [4.69, 9.17) is 9.72 Å². The fourth-order valence-corrected chi connectivity index (χ4v) is 5.06. The van der Waals surface area contributed by atoms with Gasteiger partial charge in [-0.05, 0) is 35.9 Å². The average molecular weight is 520 g/mol. The van der Waals surface area contributed by atoms with Gasteiger partial charge in [-0.2, -0.15) is 0 Å². The number of carbonyl (C=O) groups excluding carboxylic acids is 1. The zero-order chi connectivity index (χ0) is 27.1. The van der Waals surface area contributed by atoms with Gasteiger partial charge in [-0.1, -0.05) is 36.9 Å². The Morgan fingerprint density at radius 3 is 2.59 bits per heavy atom. The average Bonchev–Trinajstić information content (AvgIpc) is 3.45. The Morgan fingerprint density at radius 1 is 0.974 bits per heavy atom. The molecule has 39 heavy (non-hydrogen) atoms. The number of ether oxygens (including phenoxy) is 1. The summed E-state index contributed by atoms with van der Waals surface area (Å²) >= 11 is 0. The van der Waals surface area contributed by atoms with Crippen molar-refractivity contribution in [2.24, 2.45) is 7.05 Å². The van der Waals surface area contributed by atoms with Gasteiger partial charge < -0.3 is 24.1 Å². The van der Waals surface area contributed by atoms with Gasteiger partial charge >= 0.3 is 0 Å². The van der Waals surface area contributed by atoms with Crippen LogP contribution in [0.15, 0.2) is 90.1 Å². The van der Waals surface area contributed by atoms with E-state index >= 15 is 0 Å². The lowest BCUT2D eigenvalue weighted by Gasteiger charge is -2.34. The SMILES string of the molecule is C=C1C(=O)N(C)CCN1CCOc1ccc2nc(-c3ccc(-c4cn(C)c(=O)c5[nH]ccc45)cc3)ccc2c1. The van der Waals surface area contributed by atoms with Gasteiger partial charge in [-0.3, -0.25) is 9.59 Å². The normalized spacial score (nSPS) is 14.0. The summed E-state index contributed by atoms with van der Waals surface area (Å²) in [5.74, 6) is 0.731. The zero-order valence-corrected chi connectivity index (χ0v) is 22.0. The fourth-order valence-electron chi connectivity index (χ4n) is 5.06. The maximum absolute atomic E-state index is 12.4. The molecule has 0 atom stereocenters. The maximum atomic E-state index is 12.4. The largest absolute Gasteiger partial charge is 0.492 e. The molecule has 196 valence electrons. The summed E-state index contributed by atoms with van der Waals surface area (Å²) in [5.41, 5.74) is 5.90. The molecule has 1 aliphatic rings. The topological polar surface area (TPSA) is 83.5 Å². The highest BCUT2D eigenvalue weighted by molar-refractivity contribution is 5.94. The number of pyridine rings is 2. The van der Waals surface area contributed by atoms with Crippen molar-refractivity contribution in [2.75, 3.05) is 33.3 Å². The van der Waals surface area contributed by atoms with E-state index in [1.165, 1.54) is 0 Å². The van der Waals surface area contributed by atoms with Crippen molar-refractivity contribution in [1.82, 2.24) is 24.3 Å². The van der Waals surface area contributed by atoms with Crippen molar-refractivity contribution in [1.29, 1.82) is 0 Å². The lowest BCUT2D eigenvalue weighted by molar-refractivity contribution is -0.130. The van der Waals surface area contributed by atoms with Crippen molar-refractivity contribution >= 4 is 27.7 Å². The highest BCUT2D eigenvalue weighted by Gasteiger charge is 2.24. The Bertz CT molecular complexity index is 1780. The molecule has 1 saturated heterocycles. The Kier molecular flexibility index (Phi) is 6.15. The molecule has 8 nitrogen and oxygen atoms in total. The summed E-state index contributed by atoms with van der Waals surface area (Å²) in [5, 5.41) is 1.90. The Morgan fingerprint density at radius 2 is 1.77 bits per heavy atom. The predicted molar refractivity (Wildman–Crippen MR) is 154 cm³/mol. The van der Waals surface area contributed by atoms with E-state index in [1.54, 1.807) is 29.8 Å². The van der Waals surface area contributed by atoms with Crippen LogP contribution in [0.3, 0.4) is 0 Å². The third-order valence-electron chi connectivity index (χ3n) is 7.36. The van der Waals surface area contributed by atoms with Crippen LogP contribution in [0.25, 0.3) is 44.2 Å². The number of hydrogen-bond donors (Lipinski definition) is 1. The molecule has 0 saturated carbocycles. The van der Waals surface area contributed by atoms with Crippen LogP contribution < -0.4 is 10.3 Å². The summed E-state index contributed by atoms with van der Waals surface area (Å²) in [6.45, 7) is 6.44. The first kappa shape index (κ1) is 24.5. The van der Waals surface area contributed by atoms with Gasteiger partial charge in [0, 0.05) is 61.5 Å². The molecule has 6 rings (SSSR count). The molecule has 0 bridgehead atoms. The summed E-state index contributed by atoms with van der Waals surface area (Å²) in [7, 11) is 3.56. The molecule has 8 heteroatoms. The van der Waals surface area contributed by atoms with Crippen LogP contribution in [0.5, 0.6) is 5.75 Å². The Balaban J connectivity index is 1.16. The van der Waals surface area contributed by atoms with Gasteiger partial charge in [-0.25, -0.2) is 4.98 Å². The van der Waals surface area contributed by atoms with Crippen LogP contribution in [0, 0.1) is 0 Å². The third kappa shape index (κ3) is 4.54. The van der Waals surface area contributed by atoms with Gasteiger partial charge in [0.05, 0.1) is 23.5 Å². The van der Waals surface area contributed by atoms with E-state index in [0.717, 1.165) is 51.0 Å². The van der Waals surface area contributed by atoms with E-state index in [9.17, 15) is 9.59 Å². The number of aromatic nitrogens is 3. The fraction of sp³-hybridized carbons (Fsp3) is 0.194. The number of hydrogen-bond acceptors (Lipinski definition) is 5. The van der Waals surface area contributed by atoms with Crippen molar-refractivity contribution < 1.29 is 9.53 Å². The molecule has 2 aromatic carbocycles. The number of likely N-dealkylation sites (N-methyl/N-ethyl adjacent to an activating group) is 1. The second kappa shape index (κ2) is 9.79. The molecule has 1 aliphatic heterocycles. The minimum Gasteiger partial charge on any atom is -0.492 e. The Hall–Kier alpha value is -4.85. The van der Waals surface area contributed by atoms with E-state index < -0.39 is 0 Å². The van der Waals surface area contributed by atoms with Crippen LogP contribution >= 0.6 is 0 Å². The van der Waals surface area contributed by atoms with Crippen LogP contribution in [-0.2, 0) is 11.8 Å². The van der Waals surface area contributed by atoms with Crippen molar-refractivity contribution in [2.45, 2.75) is 0 Å². The number of nitrogens with zero attached hydrogens (tertiary/aromatic N) is 4. The summed E-state index contributed by atoms with van der Waals surface area (Å²) < 4.78 is 7.58. The number of amides is 1. The number of aryl methyl sites for hydroxylation is 1. The van der Waals surface area contributed by atoms with E-state index in [2.05, 4.69) is 41.9 Å². The number of carbonyl (C=O) groups is 1. The molecule has 1 amide bonds. The molecule has 4 heterocycles. The predicted octanol–water partition coefficient (Wildman–Crippen LogP) is 4.42. The first-order valence-electron chi connectivity index (χ1n) is 12.9. The smallest absolute Gasteiger partial charge is 0.274 e. The second-order valence-corrected chi connectivity index (χ2v) is 9.86. The molecule has 1 N–H and O–H groups in total. The second-order valence-electron chi connectivity index (χ2n) is 9.86. The van der Waals surface area contributed by atoms with E-state index in [-0.39, 0.29) is 11.5 Å². The number of aromatic amines is 1. The van der Waals surface area contributed by atoms with Crippen LogP contribution in [-0.4, -0.2) is 63.5 Å². The summed E-state index contributed by atoms with van der Waals surface area (Å²) in [6.07, 6.45) is 3.68. The quantitative estimate of drug-likeness (QED) is 0.336. The van der Waals surface area contributed by atoms with Crippen molar-refractivity contribution in [3.05, 3.63) is 95.7 Å². The van der Waals surface area contributed by atoms with Gasteiger partial charge in [0.15, 0.2) is 0 Å². The highest BCUT2D eigenvalue weighted by atomic mass is 16.5. The number of nitrogens with one attached hydrogen (secondary N) is 1. The third-order valence-corrected chi connectivity index (χ3v) is 7.36. The van der Waals surface area contributed by atoms with Gasteiger partial charge in [-0.15, -0.1) is 0 Å². The van der Waals surface area contributed by atoms with Crippen LogP contribution in [0.4, 0.5) is 0 Å². The number of fused-ring (bicyclic) bond motifs is 2. The first-order chi connectivity index (χ1) is 18.9. The van der Waals surface area contributed by atoms with Gasteiger partial charge in [0.2, 0.25) is 0 Å². The van der Waals surface area contributed by atoms with Crippen LogP contribution in [0.1, 0.15) is 0 Å². The van der Waals surface area contributed by atoms with Gasteiger partial charge in [0.25, 0.3) is 11.5 Å². The lowest BCUT2D eigenvalue weighted by atomic mass is 10.0. The zero-order valence-electron chi connectivity index (χ0n) is 22.0. The van der Waals surface area contributed by atoms with Gasteiger partial charge in [0.1, 0.15) is 17.9 Å². The standard InChI is InChI=1S/C31H29N5O3/c1-20-30(37)34(2)14-15-36(20)16-17-39-24-9-11-28-23(18-24)8-10-27(33-28)22-6-4-21(5-7-22)26-19-35(3)31(38)29-25(26)12-13-32-29/h4-13,18-19,32H,1,14-17H2,2-3H3. The molecular formula is C31H29N5O3. The number of H-pyrrole nitrogens is 1. The Labute approximate surface area is 225 Å². The molecule has 0 radical (unpaired) electrons. The van der Waals surface area contributed by atoms with Crippen molar-refractivity contribution in [3.8, 4) is 28.1 Å². The molecule has 5 aromatic rings. The molecule has 0 spiro atoms. The minimum atomic E-state index is -0.0401. The van der Waals surface area contributed by atoms with E-state index in [1.807, 2.05) is 41.4 Å². The van der Waals surface area contributed by atoms with Crippen LogP contribution in [0.2, 0.25) is 0 Å². The monoisotopic (exact) mass is 519 g/mol. The first-order valence-corrected chi connectivity index (χ1v) is 12.9. The number of benzene rings is 2. The highest BCUT2D eigenvalue weighted by Crippen LogP contribution is 2.29. The number of piperazine rings is 1. The molecule has 0 aliphatic carbocycles. The molecule has 1 fully saturated rings. The maximum Gasteiger partial charge on any atom is 0.274 e. The molecule has 3 aromatic heterocycles. The van der Waals surface area contributed by atoms with Crippen molar-refractivity contribution in [3.63, 3.8) is 0 Å². The lowest BCUT2D eigenvalue weighted by Crippen LogP contribution is -2.47. The molecular weight excluding hydrogens is 490 g/mol.